The topological polar surface area (TPSA) is 71.8 Å². The number of benzene rings is 1. The molecule has 0 aliphatic heterocycles. The number of nitrogens with zero attached hydrogens (tertiary/aromatic N) is 3. The fourth-order valence-corrected chi connectivity index (χ4v) is 2.83. The minimum absolute atomic E-state index is 0.154. The predicted molar refractivity (Wildman–Crippen MR) is 90.9 cm³/mol. The zero-order valence-corrected chi connectivity index (χ0v) is 13.5. The number of rotatable bonds is 6. The number of carbonyl (C=O) groups excluding carboxylic acids is 1. The summed E-state index contributed by atoms with van der Waals surface area (Å²) in [7, 11) is 1.84. The van der Waals surface area contributed by atoms with Crippen LogP contribution in [-0.2, 0) is 0 Å². The van der Waals surface area contributed by atoms with E-state index in [2.05, 4.69) is 20.7 Å². The summed E-state index contributed by atoms with van der Waals surface area (Å²) in [6.45, 7) is 1.31. The number of para-hydroxylation sites is 1. The summed E-state index contributed by atoms with van der Waals surface area (Å²) >= 11 is 1.44. The second-order valence-corrected chi connectivity index (χ2v) is 5.76. The minimum atomic E-state index is -0.154. The molecule has 0 radical (unpaired) electrons. The number of carbonyl (C=O) groups is 1. The van der Waals surface area contributed by atoms with Crippen LogP contribution in [-0.4, -0.2) is 40.8 Å². The lowest BCUT2D eigenvalue weighted by molar-refractivity contribution is 0.0950. The van der Waals surface area contributed by atoms with Crippen LogP contribution in [0.25, 0.3) is 16.3 Å². The Morgan fingerprint density at radius 2 is 2.09 bits per heavy atom. The van der Waals surface area contributed by atoms with Gasteiger partial charge in [0.25, 0.3) is 5.91 Å². The van der Waals surface area contributed by atoms with Gasteiger partial charge in [0.15, 0.2) is 0 Å². The van der Waals surface area contributed by atoms with Crippen LogP contribution in [0.1, 0.15) is 10.5 Å². The highest BCUT2D eigenvalue weighted by atomic mass is 32.1. The van der Waals surface area contributed by atoms with Crippen molar-refractivity contribution in [3.63, 3.8) is 0 Å². The molecule has 0 saturated heterocycles. The fraction of sp³-hybridized carbons (Fsp3) is 0.188. The maximum absolute atomic E-state index is 12.0. The predicted octanol–water partition coefficient (Wildman–Crippen LogP) is 1.95. The van der Waals surface area contributed by atoms with Crippen LogP contribution in [0.5, 0.6) is 0 Å². The molecule has 0 bridgehead atoms. The zero-order valence-electron chi connectivity index (χ0n) is 12.7. The maximum atomic E-state index is 12.0. The third-order valence-electron chi connectivity index (χ3n) is 3.25. The smallest absolute Gasteiger partial charge is 0.270 e. The average molecular weight is 327 g/mol. The number of amides is 1. The SMILES string of the molecule is CNCCNC(=O)c1csc(-c2cnn(-c3ccccc3)c2)n1. The molecule has 0 unspecified atom stereocenters. The zero-order chi connectivity index (χ0) is 16.1. The van der Waals surface area contributed by atoms with Gasteiger partial charge in [0, 0.05) is 30.2 Å². The van der Waals surface area contributed by atoms with E-state index >= 15 is 0 Å². The first-order chi connectivity index (χ1) is 11.3. The molecular formula is C16H17N5OS. The van der Waals surface area contributed by atoms with Gasteiger partial charge in [-0.05, 0) is 19.2 Å². The van der Waals surface area contributed by atoms with E-state index in [1.807, 2.05) is 43.6 Å². The molecular weight excluding hydrogens is 310 g/mol. The number of likely N-dealkylation sites (N-methyl/N-ethyl adjacent to an activating group) is 1. The van der Waals surface area contributed by atoms with Gasteiger partial charge in [0.2, 0.25) is 0 Å². The van der Waals surface area contributed by atoms with Crippen LogP contribution in [0.4, 0.5) is 0 Å². The number of hydrogen-bond acceptors (Lipinski definition) is 5. The summed E-state index contributed by atoms with van der Waals surface area (Å²) in [6, 6.07) is 9.87. The molecule has 2 heterocycles. The van der Waals surface area contributed by atoms with Crippen molar-refractivity contribution in [3.8, 4) is 16.3 Å². The molecule has 1 amide bonds. The summed E-state index contributed by atoms with van der Waals surface area (Å²) in [5.74, 6) is -0.154. The van der Waals surface area contributed by atoms with Crippen molar-refractivity contribution < 1.29 is 4.79 Å². The van der Waals surface area contributed by atoms with Gasteiger partial charge in [0.1, 0.15) is 10.7 Å². The Balaban J connectivity index is 1.73. The van der Waals surface area contributed by atoms with Crippen molar-refractivity contribution in [1.82, 2.24) is 25.4 Å². The van der Waals surface area contributed by atoms with Crippen LogP contribution in [0, 0.1) is 0 Å². The molecule has 3 aromatic rings. The van der Waals surface area contributed by atoms with Gasteiger partial charge < -0.3 is 10.6 Å². The highest BCUT2D eigenvalue weighted by Gasteiger charge is 2.12. The van der Waals surface area contributed by atoms with E-state index in [9.17, 15) is 4.79 Å². The number of thiazole rings is 1. The third-order valence-corrected chi connectivity index (χ3v) is 4.14. The molecule has 1 aromatic carbocycles. The third kappa shape index (κ3) is 3.64. The van der Waals surface area contributed by atoms with Gasteiger partial charge in [0.05, 0.1) is 11.9 Å². The standard InChI is InChI=1S/C16H17N5OS/c1-17-7-8-18-15(22)14-11-23-16(20-14)12-9-19-21(10-12)13-5-3-2-4-6-13/h2-6,9-11,17H,7-8H2,1H3,(H,18,22). The molecule has 6 nitrogen and oxygen atoms in total. The minimum Gasteiger partial charge on any atom is -0.349 e. The summed E-state index contributed by atoms with van der Waals surface area (Å²) in [4.78, 5) is 16.4. The molecule has 0 fully saturated rings. The number of nitrogens with one attached hydrogen (secondary N) is 2. The molecule has 3 rings (SSSR count). The van der Waals surface area contributed by atoms with E-state index in [4.69, 9.17) is 0 Å². The molecule has 2 N–H and O–H groups in total. The Bertz CT molecular complexity index is 781. The lowest BCUT2D eigenvalue weighted by Gasteiger charge is -2.01. The van der Waals surface area contributed by atoms with E-state index < -0.39 is 0 Å². The Morgan fingerprint density at radius 3 is 2.87 bits per heavy atom. The summed E-state index contributed by atoms with van der Waals surface area (Å²) < 4.78 is 1.80. The second-order valence-electron chi connectivity index (χ2n) is 4.91. The first-order valence-corrected chi connectivity index (χ1v) is 8.14. The van der Waals surface area contributed by atoms with Crippen LogP contribution in [0.15, 0.2) is 48.1 Å². The maximum Gasteiger partial charge on any atom is 0.270 e. The van der Waals surface area contributed by atoms with Crippen LogP contribution >= 0.6 is 11.3 Å². The second kappa shape index (κ2) is 7.17. The van der Waals surface area contributed by atoms with Crippen LogP contribution in [0.3, 0.4) is 0 Å². The van der Waals surface area contributed by atoms with Crippen molar-refractivity contribution in [2.24, 2.45) is 0 Å². The number of hydrogen-bond donors (Lipinski definition) is 2. The van der Waals surface area contributed by atoms with Gasteiger partial charge in [-0.25, -0.2) is 9.67 Å². The van der Waals surface area contributed by atoms with Crippen molar-refractivity contribution in [1.29, 1.82) is 0 Å². The molecule has 0 aliphatic carbocycles. The average Bonchev–Trinajstić information content (AvgIpc) is 3.25. The molecule has 7 heteroatoms. The van der Waals surface area contributed by atoms with Gasteiger partial charge in [-0.3, -0.25) is 4.79 Å². The van der Waals surface area contributed by atoms with E-state index in [0.717, 1.165) is 22.8 Å². The normalized spacial score (nSPS) is 10.7. The van der Waals surface area contributed by atoms with Crippen LogP contribution in [0.2, 0.25) is 0 Å². The van der Waals surface area contributed by atoms with E-state index in [-0.39, 0.29) is 5.91 Å². The van der Waals surface area contributed by atoms with Crippen molar-refractivity contribution >= 4 is 17.2 Å². The Hall–Kier alpha value is -2.51. The lowest BCUT2D eigenvalue weighted by Crippen LogP contribution is -2.30. The first-order valence-electron chi connectivity index (χ1n) is 7.26. The van der Waals surface area contributed by atoms with Gasteiger partial charge in [-0.1, -0.05) is 18.2 Å². The van der Waals surface area contributed by atoms with Crippen molar-refractivity contribution in [3.05, 3.63) is 53.8 Å². The highest BCUT2D eigenvalue weighted by molar-refractivity contribution is 7.13. The molecule has 23 heavy (non-hydrogen) atoms. The Morgan fingerprint density at radius 1 is 1.26 bits per heavy atom. The molecule has 2 aromatic heterocycles. The summed E-state index contributed by atoms with van der Waals surface area (Å²) in [6.07, 6.45) is 3.67. The molecule has 0 spiro atoms. The van der Waals surface area contributed by atoms with Crippen molar-refractivity contribution in [2.75, 3.05) is 20.1 Å². The van der Waals surface area contributed by atoms with Gasteiger partial charge in [-0.15, -0.1) is 11.3 Å². The first kappa shape index (κ1) is 15.4. The summed E-state index contributed by atoms with van der Waals surface area (Å²) in [5, 5.41) is 12.7. The van der Waals surface area contributed by atoms with E-state index in [0.29, 0.717) is 12.2 Å². The monoisotopic (exact) mass is 327 g/mol. The molecule has 0 atom stereocenters. The molecule has 0 saturated carbocycles. The van der Waals surface area contributed by atoms with Gasteiger partial charge in [-0.2, -0.15) is 5.10 Å². The lowest BCUT2D eigenvalue weighted by atomic mass is 10.3. The van der Waals surface area contributed by atoms with Gasteiger partial charge >= 0.3 is 0 Å². The van der Waals surface area contributed by atoms with E-state index in [1.165, 1.54) is 11.3 Å². The number of aromatic nitrogens is 3. The highest BCUT2D eigenvalue weighted by Crippen LogP contribution is 2.24. The molecule has 0 aliphatic rings. The largest absolute Gasteiger partial charge is 0.349 e. The molecule has 118 valence electrons. The Kier molecular flexibility index (Phi) is 4.80. The quantitative estimate of drug-likeness (QED) is 0.679. The summed E-state index contributed by atoms with van der Waals surface area (Å²) in [5.41, 5.74) is 2.32. The fourth-order valence-electron chi connectivity index (χ4n) is 2.06. The van der Waals surface area contributed by atoms with Crippen molar-refractivity contribution in [2.45, 2.75) is 0 Å². The van der Waals surface area contributed by atoms with E-state index in [1.54, 1.807) is 16.3 Å². The Labute approximate surface area is 138 Å². The van der Waals surface area contributed by atoms with Crippen LogP contribution < -0.4 is 10.6 Å².